The zero-order chi connectivity index (χ0) is 18.6. The molecule has 3 aromatic rings. The fourth-order valence-corrected chi connectivity index (χ4v) is 3.64. The Morgan fingerprint density at radius 3 is 2.85 bits per heavy atom. The molecular formula is C21H20N2O3S. The van der Waals surface area contributed by atoms with Crippen molar-refractivity contribution in [1.82, 2.24) is 4.98 Å². The Morgan fingerprint density at radius 1 is 1.26 bits per heavy atom. The molecule has 4 rings (SSSR count). The highest BCUT2D eigenvalue weighted by Crippen LogP contribution is 2.30. The maximum Gasteiger partial charge on any atom is 0.267 e. The normalized spacial score (nSPS) is 15.1. The number of para-hydroxylation sites is 1. The van der Waals surface area contributed by atoms with E-state index in [1.807, 2.05) is 53.9 Å². The number of rotatable bonds is 6. The first-order chi connectivity index (χ1) is 13.2. The van der Waals surface area contributed by atoms with Gasteiger partial charge in [0.05, 0.1) is 12.3 Å². The Bertz CT molecular complexity index is 912. The third-order valence-electron chi connectivity index (χ3n) is 4.30. The van der Waals surface area contributed by atoms with Gasteiger partial charge in [0, 0.05) is 17.4 Å². The molecule has 1 N–H and O–H groups in total. The Hall–Kier alpha value is -2.86. The van der Waals surface area contributed by atoms with Crippen molar-refractivity contribution < 1.29 is 14.3 Å². The fraction of sp³-hybridized carbons (Fsp3) is 0.238. The van der Waals surface area contributed by atoms with Crippen LogP contribution in [-0.4, -0.2) is 23.6 Å². The molecule has 5 nitrogen and oxygen atoms in total. The van der Waals surface area contributed by atoms with Crippen LogP contribution in [0.15, 0.2) is 53.9 Å². The smallest absolute Gasteiger partial charge is 0.267 e. The van der Waals surface area contributed by atoms with Gasteiger partial charge in [-0.25, -0.2) is 4.98 Å². The Balaban J connectivity index is 1.39. The molecule has 138 valence electrons. The van der Waals surface area contributed by atoms with E-state index in [-0.39, 0.29) is 5.91 Å². The van der Waals surface area contributed by atoms with Crippen molar-refractivity contribution in [2.24, 2.45) is 0 Å². The minimum absolute atomic E-state index is 0.171. The zero-order valence-corrected chi connectivity index (χ0v) is 15.8. The number of benzene rings is 2. The van der Waals surface area contributed by atoms with Crippen LogP contribution in [0.3, 0.4) is 0 Å². The molecule has 1 aromatic heterocycles. The number of carbonyl (C=O) groups is 1. The molecule has 1 amide bonds. The van der Waals surface area contributed by atoms with E-state index in [1.54, 1.807) is 0 Å². The minimum Gasteiger partial charge on any atom is -0.494 e. The summed E-state index contributed by atoms with van der Waals surface area (Å²) in [4.78, 5) is 17.0. The molecular weight excluding hydrogens is 360 g/mol. The summed E-state index contributed by atoms with van der Waals surface area (Å²) in [6.45, 7) is 2.79. The standard InChI is InChI=1S/C21H20N2O3S/c1-2-11-25-16-9-7-14(8-10-16)17-13-27-21(22-17)23-20(24)19-12-15-5-3-4-6-18(15)26-19/h3-10,13,19H,2,11-12H2,1H3,(H,22,23,24). The highest BCUT2D eigenvalue weighted by atomic mass is 32.1. The van der Waals surface area contributed by atoms with Crippen LogP contribution in [0.1, 0.15) is 18.9 Å². The van der Waals surface area contributed by atoms with E-state index < -0.39 is 6.10 Å². The SMILES string of the molecule is CCCOc1ccc(-c2csc(NC(=O)C3Cc4ccccc4O3)n2)cc1. The summed E-state index contributed by atoms with van der Waals surface area (Å²) in [6, 6.07) is 15.6. The molecule has 0 aliphatic carbocycles. The van der Waals surface area contributed by atoms with E-state index in [0.717, 1.165) is 34.7 Å². The van der Waals surface area contributed by atoms with Crippen LogP contribution in [0.5, 0.6) is 11.5 Å². The van der Waals surface area contributed by atoms with Gasteiger partial charge < -0.3 is 9.47 Å². The van der Waals surface area contributed by atoms with Crippen LogP contribution in [0, 0.1) is 0 Å². The lowest BCUT2D eigenvalue weighted by molar-refractivity contribution is -0.122. The summed E-state index contributed by atoms with van der Waals surface area (Å²) in [5.41, 5.74) is 2.87. The maximum atomic E-state index is 12.5. The van der Waals surface area contributed by atoms with Gasteiger partial charge in [0.15, 0.2) is 11.2 Å². The molecule has 0 saturated heterocycles. The van der Waals surface area contributed by atoms with E-state index in [4.69, 9.17) is 9.47 Å². The highest BCUT2D eigenvalue weighted by Gasteiger charge is 2.29. The number of thiazole rings is 1. The Labute approximate surface area is 162 Å². The predicted octanol–water partition coefficient (Wildman–Crippen LogP) is 4.54. The van der Waals surface area contributed by atoms with Gasteiger partial charge in [0.2, 0.25) is 0 Å². The number of amides is 1. The van der Waals surface area contributed by atoms with Gasteiger partial charge in [0.1, 0.15) is 11.5 Å². The predicted molar refractivity (Wildman–Crippen MR) is 107 cm³/mol. The zero-order valence-electron chi connectivity index (χ0n) is 15.0. The van der Waals surface area contributed by atoms with Crippen LogP contribution in [0.25, 0.3) is 11.3 Å². The molecule has 27 heavy (non-hydrogen) atoms. The third-order valence-corrected chi connectivity index (χ3v) is 5.05. The topological polar surface area (TPSA) is 60.5 Å². The van der Waals surface area contributed by atoms with Gasteiger partial charge in [0.25, 0.3) is 5.91 Å². The molecule has 1 aliphatic heterocycles. The number of nitrogens with one attached hydrogen (secondary N) is 1. The summed E-state index contributed by atoms with van der Waals surface area (Å²) >= 11 is 1.40. The van der Waals surface area contributed by atoms with Crippen LogP contribution in [-0.2, 0) is 11.2 Å². The highest BCUT2D eigenvalue weighted by molar-refractivity contribution is 7.14. The second-order valence-corrected chi connectivity index (χ2v) is 7.18. The van der Waals surface area contributed by atoms with Gasteiger partial charge >= 0.3 is 0 Å². The van der Waals surface area contributed by atoms with Crippen molar-refractivity contribution in [2.75, 3.05) is 11.9 Å². The van der Waals surface area contributed by atoms with Crippen molar-refractivity contribution >= 4 is 22.4 Å². The molecule has 1 atom stereocenters. The molecule has 0 fully saturated rings. The average Bonchev–Trinajstić information content (AvgIpc) is 3.33. The second-order valence-electron chi connectivity index (χ2n) is 6.32. The lowest BCUT2D eigenvalue weighted by Crippen LogP contribution is -2.31. The molecule has 0 radical (unpaired) electrons. The van der Waals surface area contributed by atoms with Gasteiger partial charge in [-0.1, -0.05) is 25.1 Å². The number of nitrogens with zero attached hydrogens (tertiary/aromatic N) is 1. The van der Waals surface area contributed by atoms with Crippen molar-refractivity contribution in [1.29, 1.82) is 0 Å². The number of aromatic nitrogens is 1. The number of hydrogen-bond donors (Lipinski definition) is 1. The molecule has 0 bridgehead atoms. The molecule has 2 heterocycles. The van der Waals surface area contributed by atoms with Crippen LogP contribution in [0.4, 0.5) is 5.13 Å². The number of fused-ring (bicyclic) bond motifs is 1. The summed E-state index contributed by atoms with van der Waals surface area (Å²) < 4.78 is 11.3. The van der Waals surface area contributed by atoms with Crippen molar-refractivity contribution in [2.45, 2.75) is 25.9 Å². The molecule has 0 spiro atoms. The van der Waals surface area contributed by atoms with Gasteiger partial charge in [-0.2, -0.15) is 0 Å². The quantitative estimate of drug-likeness (QED) is 0.682. The number of anilines is 1. The maximum absolute atomic E-state index is 12.5. The first kappa shape index (κ1) is 17.5. The molecule has 6 heteroatoms. The Morgan fingerprint density at radius 2 is 2.07 bits per heavy atom. The molecule has 2 aromatic carbocycles. The third kappa shape index (κ3) is 3.95. The van der Waals surface area contributed by atoms with Crippen LogP contribution < -0.4 is 14.8 Å². The van der Waals surface area contributed by atoms with E-state index in [1.165, 1.54) is 11.3 Å². The summed E-state index contributed by atoms with van der Waals surface area (Å²) in [6.07, 6.45) is 1.05. The van der Waals surface area contributed by atoms with Crippen molar-refractivity contribution in [3.63, 3.8) is 0 Å². The largest absolute Gasteiger partial charge is 0.494 e. The first-order valence-corrected chi connectivity index (χ1v) is 9.85. The van der Waals surface area contributed by atoms with Gasteiger partial charge in [-0.15, -0.1) is 11.3 Å². The summed E-state index contributed by atoms with van der Waals surface area (Å²) in [7, 11) is 0. The van der Waals surface area contributed by atoms with Gasteiger partial charge in [-0.3, -0.25) is 10.1 Å². The molecule has 1 aliphatic rings. The molecule has 0 saturated carbocycles. The van der Waals surface area contributed by atoms with Gasteiger partial charge in [-0.05, 0) is 42.3 Å². The summed E-state index contributed by atoms with van der Waals surface area (Å²) in [5, 5.41) is 5.37. The second kappa shape index (κ2) is 7.80. The number of ether oxygens (including phenoxy) is 2. The van der Waals surface area contributed by atoms with Crippen molar-refractivity contribution in [3.8, 4) is 22.8 Å². The van der Waals surface area contributed by atoms with E-state index in [0.29, 0.717) is 18.2 Å². The van der Waals surface area contributed by atoms with Crippen LogP contribution >= 0.6 is 11.3 Å². The summed E-state index contributed by atoms with van der Waals surface area (Å²) in [5.74, 6) is 1.46. The number of hydrogen-bond acceptors (Lipinski definition) is 5. The van der Waals surface area contributed by atoms with Crippen molar-refractivity contribution in [3.05, 3.63) is 59.5 Å². The lowest BCUT2D eigenvalue weighted by atomic mass is 10.1. The van der Waals surface area contributed by atoms with E-state index >= 15 is 0 Å². The first-order valence-electron chi connectivity index (χ1n) is 8.97. The molecule has 1 unspecified atom stereocenters. The number of carbonyl (C=O) groups excluding carboxylic acids is 1. The minimum atomic E-state index is -0.509. The average molecular weight is 380 g/mol. The Kier molecular flexibility index (Phi) is 5.07. The van der Waals surface area contributed by atoms with E-state index in [9.17, 15) is 4.79 Å². The lowest BCUT2D eigenvalue weighted by Gasteiger charge is -2.09. The monoisotopic (exact) mass is 380 g/mol. The fourth-order valence-electron chi connectivity index (χ4n) is 2.92. The van der Waals surface area contributed by atoms with Crippen LogP contribution in [0.2, 0.25) is 0 Å². The van der Waals surface area contributed by atoms with E-state index in [2.05, 4.69) is 17.2 Å².